The Labute approximate surface area is 73.2 Å². The first kappa shape index (κ1) is 11.5. The topological polar surface area (TPSA) is 82.1 Å². The minimum absolute atomic E-state index is 0.308. The molecule has 0 aromatic heterocycles. The van der Waals surface area contributed by atoms with Gasteiger partial charge in [-0.25, -0.2) is 14.0 Å². The lowest BCUT2D eigenvalue weighted by Crippen LogP contribution is -2.16. The number of halogens is 1. The minimum Gasteiger partial charge on any atom is -0.450 e. The lowest BCUT2D eigenvalue weighted by Gasteiger charge is -2.05. The van der Waals surface area contributed by atoms with E-state index in [0.717, 1.165) is 6.92 Å². The molecule has 0 amide bonds. The Balaban J connectivity index is 3.32. The van der Waals surface area contributed by atoms with E-state index < -0.39 is 18.7 Å². The molecule has 1 unspecified atom stereocenters. The Morgan fingerprint density at radius 2 is 1.92 bits per heavy atom. The van der Waals surface area contributed by atoms with Crippen molar-refractivity contribution in [3.05, 3.63) is 0 Å². The van der Waals surface area contributed by atoms with Crippen molar-refractivity contribution in [2.75, 3.05) is 13.2 Å². The van der Waals surface area contributed by atoms with Crippen LogP contribution in [0.25, 0.3) is 0 Å². The Hall–Kier alpha value is -1.53. The Morgan fingerprint density at radius 3 is 2.38 bits per heavy atom. The summed E-state index contributed by atoms with van der Waals surface area (Å²) in [5, 5.41) is 7.97. The molecule has 0 aromatic rings. The van der Waals surface area contributed by atoms with Crippen LogP contribution in [0.3, 0.4) is 0 Å². The number of hydrogen-bond acceptors (Lipinski definition) is 5. The molecule has 1 N–H and O–H groups in total. The summed E-state index contributed by atoms with van der Waals surface area (Å²) >= 11 is 0. The highest BCUT2D eigenvalue weighted by Crippen LogP contribution is 1.94. The third-order valence-electron chi connectivity index (χ3n) is 0.787. The largest absolute Gasteiger partial charge is 0.510 e. The van der Waals surface area contributed by atoms with Crippen molar-refractivity contribution in [3.63, 3.8) is 0 Å². The molecule has 0 aromatic carbocycles. The molecule has 0 rings (SSSR count). The Morgan fingerprint density at radius 1 is 1.38 bits per heavy atom. The fraction of sp³-hybridized carbons (Fsp3) is 0.667. The van der Waals surface area contributed by atoms with Gasteiger partial charge in [0.2, 0.25) is 6.36 Å². The van der Waals surface area contributed by atoms with Crippen LogP contribution >= 0.6 is 0 Å². The van der Waals surface area contributed by atoms with Crippen molar-refractivity contribution in [2.24, 2.45) is 0 Å². The van der Waals surface area contributed by atoms with E-state index in [0.29, 0.717) is 0 Å². The SMILES string of the molecule is CC(F)OC(=O)OCCOC(=O)O. The van der Waals surface area contributed by atoms with E-state index in [4.69, 9.17) is 5.11 Å². The normalized spacial score (nSPS) is 11.5. The van der Waals surface area contributed by atoms with Gasteiger partial charge in [-0.05, 0) is 0 Å². The molecule has 0 bridgehead atoms. The molecule has 76 valence electrons. The quantitative estimate of drug-likeness (QED) is 0.536. The zero-order chi connectivity index (χ0) is 10.3. The van der Waals surface area contributed by atoms with E-state index >= 15 is 0 Å². The second kappa shape index (κ2) is 6.04. The van der Waals surface area contributed by atoms with Crippen molar-refractivity contribution >= 4 is 12.3 Å². The Kier molecular flexibility index (Phi) is 5.33. The van der Waals surface area contributed by atoms with Gasteiger partial charge in [0.25, 0.3) is 0 Å². The summed E-state index contributed by atoms with van der Waals surface area (Å²) in [5.41, 5.74) is 0. The van der Waals surface area contributed by atoms with E-state index in [1.54, 1.807) is 0 Å². The van der Waals surface area contributed by atoms with Gasteiger partial charge in [0, 0.05) is 6.92 Å². The highest BCUT2D eigenvalue weighted by molar-refractivity contribution is 5.60. The fourth-order valence-corrected chi connectivity index (χ4v) is 0.421. The van der Waals surface area contributed by atoms with E-state index in [1.807, 2.05) is 0 Å². The fourth-order valence-electron chi connectivity index (χ4n) is 0.421. The first-order chi connectivity index (χ1) is 6.02. The number of carboxylic acid groups (broad SMARTS) is 1. The molecule has 6 nitrogen and oxygen atoms in total. The summed E-state index contributed by atoms with van der Waals surface area (Å²) in [7, 11) is 0. The van der Waals surface area contributed by atoms with Crippen LogP contribution in [-0.4, -0.2) is 37.0 Å². The van der Waals surface area contributed by atoms with Crippen molar-refractivity contribution in [1.29, 1.82) is 0 Å². The second-order valence-corrected chi connectivity index (χ2v) is 1.87. The average Bonchev–Trinajstić information content (AvgIpc) is 1.96. The van der Waals surface area contributed by atoms with Gasteiger partial charge in [-0.2, -0.15) is 0 Å². The molecule has 7 heteroatoms. The van der Waals surface area contributed by atoms with Gasteiger partial charge in [-0.3, -0.25) is 0 Å². The summed E-state index contributed by atoms with van der Waals surface area (Å²) in [6.07, 6.45) is -4.44. The molecular formula is C6H9FO6. The average molecular weight is 196 g/mol. The van der Waals surface area contributed by atoms with Gasteiger partial charge in [0.05, 0.1) is 0 Å². The lowest BCUT2D eigenvalue weighted by atomic mass is 10.8. The number of hydrogen-bond donors (Lipinski definition) is 1. The van der Waals surface area contributed by atoms with Crippen LogP contribution in [0, 0.1) is 0 Å². The molecule has 0 fully saturated rings. The van der Waals surface area contributed by atoms with Gasteiger partial charge < -0.3 is 19.3 Å². The molecule has 0 heterocycles. The third-order valence-corrected chi connectivity index (χ3v) is 0.787. The van der Waals surface area contributed by atoms with Crippen LogP contribution in [-0.2, 0) is 14.2 Å². The lowest BCUT2D eigenvalue weighted by molar-refractivity contribution is -0.0281. The summed E-state index contributed by atoms with van der Waals surface area (Å²) < 4.78 is 24.1. The molecule has 0 spiro atoms. The van der Waals surface area contributed by atoms with Gasteiger partial charge in [0.15, 0.2) is 0 Å². The Bertz CT molecular complexity index is 180. The summed E-state index contributed by atoms with van der Waals surface area (Å²) in [5.74, 6) is 0. The molecule has 0 aliphatic heterocycles. The number of carbonyl (C=O) groups excluding carboxylic acids is 1. The van der Waals surface area contributed by atoms with Crippen LogP contribution in [0.1, 0.15) is 6.92 Å². The van der Waals surface area contributed by atoms with Crippen molar-refractivity contribution in [1.82, 2.24) is 0 Å². The van der Waals surface area contributed by atoms with E-state index in [1.165, 1.54) is 0 Å². The summed E-state index contributed by atoms with van der Waals surface area (Å²) in [4.78, 5) is 20.2. The number of ether oxygens (including phenoxy) is 3. The zero-order valence-corrected chi connectivity index (χ0v) is 6.86. The first-order valence-electron chi connectivity index (χ1n) is 3.35. The summed E-state index contributed by atoms with van der Waals surface area (Å²) in [6.45, 7) is 0.387. The smallest absolute Gasteiger partial charge is 0.450 e. The molecular weight excluding hydrogens is 187 g/mol. The molecule has 1 atom stereocenters. The minimum atomic E-state index is -1.76. The zero-order valence-electron chi connectivity index (χ0n) is 6.86. The summed E-state index contributed by atoms with van der Waals surface area (Å²) in [6, 6.07) is 0. The van der Waals surface area contributed by atoms with Crippen LogP contribution in [0.5, 0.6) is 0 Å². The molecule has 0 saturated heterocycles. The maximum Gasteiger partial charge on any atom is 0.510 e. The van der Waals surface area contributed by atoms with Crippen LogP contribution < -0.4 is 0 Å². The standard InChI is InChI=1S/C6H9FO6/c1-4(7)13-6(10)12-3-2-11-5(8)9/h4H,2-3H2,1H3,(H,8,9). The first-order valence-corrected chi connectivity index (χ1v) is 3.35. The molecule has 0 radical (unpaired) electrons. The van der Waals surface area contributed by atoms with Crippen molar-refractivity contribution in [2.45, 2.75) is 13.3 Å². The second-order valence-electron chi connectivity index (χ2n) is 1.87. The molecule has 0 aliphatic rings. The maximum absolute atomic E-state index is 11.9. The third kappa shape index (κ3) is 8.38. The van der Waals surface area contributed by atoms with Crippen LogP contribution in [0.2, 0.25) is 0 Å². The van der Waals surface area contributed by atoms with Gasteiger partial charge in [-0.15, -0.1) is 0 Å². The highest BCUT2D eigenvalue weighted by atomic mass is 19.1. The van der Waals surface area contributed by atoms with Crippen LogP contribution in [0.4, 0.5) is 14.0 Å². The van der Waals surface area contributed by atoms with E-state index in [-0.39, 0.29) is 13.2 Å². The highest BCUT2D eigenvalue weighted by Gasteiger charge is 2.08. The van der Waals surface area contributed by atoms with Crippen molar-refractivity contribution < 1.29 is 33.3 Å². The van der Waals surface area contributed by atoms with Gasteiger partial charge >= 0.3 is 12.3 Å². The monoisotopic (exact) mass is 196 g/mol. The van der Waals surface area contributed by atoms with Crippen LogP contribution in [0.15, 0.2) is 0 Å². The predicted molar refractivity (Wildman–Crippen MR) is 37.0 cm³/mol. The van der Waals surface area contributed by atoms with E-state index in [9.17, 15) is 14.0 Å². The maximum atomic E-state index is 11.9. The molecule has 0 saturated carbocycles. The van der Waals surface area contributed by atoms with Gasteiger partial charge in [-0.1, -0.05) is 0 Å². The van der Waals surface area contributed by atoms with E-state index in [2.05, 4.69) is 14.2 Å². The number of carbonyl (C=O) groups is 2. The number of rotatable bonds is 4. The van der Waals surface area contributed by atoms with Gasteiger partial charge in [0.1, 0.15) is 13.2 Å². The molecule has 0 aliphatic carbocycles. The number of alkyl halides is 1. The predicted octanol–water partition coefficient (Wildman–Crippen LogP) is 1.15. The molecule has 13 heavy (non-hydrogen) atoms. The van der Waals surface area contributed by atoms with Crippen molar-refractivity contribution in [3.8, 4) is 0 Å².